The summed E-state index contributed by atoms with van der Waals surface area (Å²) >= 11 is 5.92. The third-order valence-electron chi connectivity index (χ3n) is 2.94. The highest BCUT2D eigenvalue weighted by Gasteiger charge is 2.31. The highest BCUT2D eigenvalue weighted by atomic mass is 35.5. The number of pyridine rings is 1. The first-order valence-corrected chi connectivity index (χ1v) is 8.15. The Bertz CT molecular complexity index is 584. The highest BCUT2D eigenvalue weighted by molar-refractivity contribution is 7.90. The van der Waals surface area contributed by atoms with Crippen molar-refractivity contribution >= 4 is 27.5 Å². The van der Waals surface area contributed by atoms with Crippen LogP contribution in [0.5, 0.6) is 0 Å². The van der Waals surface area contributed by atoms with Gasteiger partial charge in [0.2, 0.25) is 0 Å². The lowest BCUT2D eigenvalue weighted by Crippen LogP contribution is -2.49. The van der Waals surface area contributed by atoms with Crippen molar-refractivity contribution in [3.63, 3.8) is 0 Å². The zero-order valence-electron chi connectivity index (χ0n) is 11.6. The van der Waals surface area contributed by atoms with Crippen LogP contribution in [0.3, 0.4) is 0 Å². The van der Waals surface area contributed by atoms with Gasteiger partial charge in [-0.3, -0.25) is 4.72 Å². The zero-order chi connectivity index (χ0) is 14.9. The van der Waals surface area contributed by atoms with E-state index in [-0.39, 0.29) is 17.4 Å². The highest BCUT2D eigenvalue weighted by Crippen LogP contribution is 2.23. The van der Waals surface area contributed by atoms with Crippen LogP contribution < -0.4 is 4.72 Å². The number of nitrogens with one attached hydrogen (secondary N) is 1. The maximum atomic E-state index is 12.4. The first-order valence-electron chi connectivity index (χ1n) is 6.33. The van der Waals surface area contributed by atoms with E-state index >= 15 is 0 Å². The summed E-state index contributed by atoms with van der Waals surface area (Å²) in [6.45, 7) is 6.14. The molecule has 0 amide bonds. The monoisotopic (exact) mass is 319 g/mol. The molecule has 8 heteroatoms. The molecule has 2 atom stereocenters. The van der Waals surface area contributed by atoms with E-state index in [1.807, 2.05) is 20.8 Å². The number of rotatable bonds is 3. The van der Waals surface area contributed by atoms with Crippen LogP contribution in [0.4, 0.5) is 5.69 Å². The van der Waals surface area contributed by atoms with Gasteiger partial charge in [-0.1, -0.05) is 11.6 Å². The number of halogens is 1. The Kier molecular flexibility index (Phi) is 4.53. The Labute approximate surface area is 124 Å². The average molecular weight is 320 g/mol. The molecule has 1 N–H and O–H groups in total. The van der Waals surface area contributed by atoms with Crippen molar-refractivity contribution in [3.05, 3.63) is 23.0 Å². The molecular formula is C12H18ClN3O3S. The van der Waals surface area contributed by atoms with Crippen molar-refractivity contribution in [2.75, 3.05) is 17.8 Å². The normalized spacial score (nSPS) is 24.6. The van der Waals surface area contributed by atoms with Gasteiger partial charge >= 0.3 is 10.2 Å². The maximum absolute atomic E-state index is 12.4. The van der Waals surface area contributed by atoms with Gasteiger partial charge in [0.1, 0.15) is 0 Å². The van der Waals surface area contributed by atoms with Gasteiger partial charge in [-0.25, -0.2) is 4.98 Å². The lowest BCUT2D eigenvalue weighted by molar-refractivity contribution is -0.0439. The second-order valence-electron chi connectivity index (χ2n) is 5.03. The number of nitrogens with zero attached hydrogens (tertiary/aromatic N) is 2. The molecular weight excluding hydrogens is 302 g/mol. The average Bonchev–Trinajstić information content (AvgIpc) is 2.32. The summed E-state index contributed by atoms with van der Waals surface area (Å²) in [5.74, 6) is 0. The van der Waals surface area contributed by atoms with Gasteiger partial charge in [-0.2, -0.15) is 12.7 Å². The fourth-order valence-electron chi connectivity index (χ4n) is 2.15. The fraction of sp³-hybridized carbons (Fsp3) is 0.583. The van der Waals surface area contributed by atoms with Crippen molar-refractivity contribution in [2.45, 2.75) is 33.0 Å². The van der Waals surface area contributed by atoms with Crippen molar-refractivity contribution in [1.29, 1.82) is 0 Å². The van der Waals surface area contributed by atoms with Crippen LogP contribution in [-0.2, 0) is 14.9 Å². The predicted molar refractivity (Wildman–Crippen MR) is 78.1 cm³/mol. The summed E-state index contributed by atoms with van der Waals surface area (Å²) in [4.78, 5) is 3.93. The van der Waals surface area contributed by atoms with Crippen molar-refractivity contribution in [2.24, 2.45) is 0 Å². The SMILES string of the molecule is Cc1cnc(Cl)c(NS(=O)(=O)N2CC(C)OC(C)C2)c1. The van der Waals surface area contributed by atoms with Crippen LogP contribution in [0.1, 0.15) is 19.4 Å². The van der Waals surface area contributed by atoms with Crippen molar-refractivity contribution < 1.29 is 13.2 Å². The standard InChI is InChI=1S/C12H18ClN3O3S/c1-8-4-11(12(13)14-5-8)15-20(17,18)16-6-9(2)19-10(3)7-16/h4-5,9-10,15H,6-7H2,1-3H3. The molecule has 1 aromatic rings. The molecule has 0 aliphatic carbocycles. The van der Waals surface area contributed by atoms with Gasteiger partial charge in [0.15, 0.2) is 5.15 Å². The van der Waals surface area contributed by atoms with E-state index in [9.17, 15) is 8.42 Å². The molecule has 112 valence electrons. The second kappa shape index (κ2) is 5.85. The molecule has 2 rings (SSSR count). The van der Waals surface area contributed by atoms with E-state index < -0.39 is 10.2 Å². The van der Waals surface area contributed by atoms with E-state index in [1.54, 1.807) is 12.3 Å². The lowest BCUT2D eigenvalue weighted by atomic mass is 10.3. The molecule has 0 bridgehead atoms. The zero-order valence-corrected chi connectivity index (χ0v) is 13.2. The summed E-state index contributed by atoms with van der Waals surface area (Å²) < 4.78 is 34.1. The molecule has 1 aliphatic heterocycles. The predicted octanol–water partition coefficient (Wildman–Crippen LogP) is 1.81. The topological polar surface area (TPSA) is 71.5 Å². The minimum absolute atomic E-state index is 0.133. The Morgan fingerprint density at radius 2 is 2.00 bits per heavy atom. The third-order valence-corrected chi connectivity index (χ3v) is 4.70. The van der Waals surface area contributed by atoms with Gasteiger partial charge in [0.25, 0.3) is 0 Å². The van der Waals surface area contributed by atoms with E-state index in [2.05, 4.69) is 9.71 Å². The Balaban J connectivity index is 2.20. The molecule has 0 spiro atoms. The largest absolute Gasteiger partial charge is 0.373 e. The number of hydrogen-bond donors (Lipinski definition) is 1. The number of ether oxygens (including phenoxy) is 1. The molecule has 1 aliphatic rings. The number of anilines is 1. The number of aromatic nitrogens is 1. The quantitative estimate of drug-likeness (QED) is 0.862. The van der Waals surface area contributed by atoms with Crippen LogP contribution in [0, 0.1) is 6.92 Å². The molecule has 1 fully saturated rings. The van der Waals surface area contributed by atoms with E-state index in [1.165, 1.54) is 4.31 Å². The van der Waals surface area contributed by atoms with Gasteiger partial charge in [0, 0.05) is 19.3 Å². The number of aryl methyl sites for hydroxylation is 1. The van der Waals surface area contributed by atoms with Crippen LogP contribution in [-0.4, -0.2) is 43.0 Å². The van der Waals surface area contributed by atoms with Crippen LogP contribution >= 0.6 is 11.6 Å². The van der Waals surface area contributed by atoms with Crippen LogP contribution in [0.25, 0.3) is 0 Å². The summed E-state index contributed by atoms with van der Waals surface area (Å²) in [5, 5.41) is 0.133. The minimum atomic E-state index is -3.66. The van der Waals surface area contributed by atoms with Crippen LogP contribution in [0.2, 0.25) is 5.15 Å². The first-order chi connectivity index (χ1) is 9.28. The Hall–Kier alpha value is -0.890. The van der Waals surface area contributed by atoms with Crippen molar-refractivity contribution in [3.8, 4) is 0 Å². The molecule has 0 aromatic carbocycles. The number of hydrogen-bond acceptors (Lipinski definition) is 4. The molecule has 0 saturated carbocycles. The molecule has 2 unspecified atom stereocenters. The molecule has 20 heavy (non-hydrogen) atoms. The second-order valence-corrected chi connectivity index (χ2v) is 7.06. The summed E-state index contributed by atoms with van der Waals surface area (Å²) in [6.07, 6.45) is 1.31. The van der Waals surface area contributed by atoms with E-state index in [0.717, 1.165) is 5.56 Å². The van der Waals surface area contributed by atoms with Gasteiger partial charge < -0.3 is 4.74 Å². The Morgan fingerprint density at radius 3 is 2.60 bits per heavy atom. The Morgan fingerprint density at radius 1 is 1.40 bits per heavy atom. The van der Waals surface area contributed by atoms with Crippen LogP contribution in [0.15, 0.2) is 12.3 Å². The minimum Gasteiger partial charge on any atom is -0.373 e. The molecule has 6 nitrogen and oxygen atoms in total. The van der Waals surface area contributed by atoms with Crippen molar-refractivity contribution in [1.82, 2.24) is 9.29 Å². The first kappa shape index (κ1) is 15.5. The number of morpholine rings is 1. The molecule has 1 aromatic heterocycles. The fourth-order valence-corrected chi connectivity index (χ4v) is 3.74. The summed E-state index contributed by atoms with van der Waals surface area (Å²) in [5.41, 5.74) is 1.12. The van der Waals surface area contributed by atoms with Gasteiger partial charge in [0.05, 0.1) is 17.9 Å². The summed E-state index contributed by atoms with van der Waals surface area (Å²) in [6, 6.07) is 1.65. The molecule has 1 saturated heterocycles. The maximum Gasteiger partial charge on any atom is 0.301 e. The summed E-state index contributed by atoms with van der Waals surface area (Å²) in [7, 11) is -3.66. The third kappa shape index (κ3) is 3.60. The van der Waals surface area contributed by atoms with Gasteiger partial charge in [-0.05, 0) is 32.4 Å². The lowest BCUT2D eigenvalue weighted by Gasteiger charge is -2.34. The smallest absolute Gasteiger partial charge is 0.301 e. The molecule has 2 heterocycles. The van der Waals surface area contributed by atoms with E-state index in [4.69, 9.17) is 16.3 Å². The van der Waals surface area contributed by atoms with Gasteiger partial charge in [-0.15, -0.1) is 0 Å². The van der Waals surface area contributed by atoms with E-state index in [0.29, 0.717) is 18.8 Å². The molecule has 0 radical (unpaired) electrons.